The number of rotatable bonds is 5. The largest absolute Gasteiger partial charge is 0.508 e. The highest BCUT2D eigenvalue weighted by atomic mass is 32.2. The van der Waals surface area contributed by atoms with Crippen molar-refractivity contribution >= 4 is 34.7 Å². The van der Waals surface area contributed by atoms with Gasteiger partial charge in [0.2, 0.25) is 5.91 Å². The van der Waals surface area contributed by atoms with E-state index in [1.54, 1.807) is 30.3 Å². The lowest BCUT2D eigenvalue weighted by Gasteiger charge is -2.05. The molecule has 2 aromatic rings. The van der Waals surface area contributed by atoms with Crippen LogP contribution in [0.1, 0.15) is 11.1 Å². The van der Waals surface area contributed by atoms with E-state index < -0.39 is 10.2 Å². The first-order valence-corrected chi connectivity index (χ1v) is 8.51. The van der Waals surface area contributed by atoms with Crippen LogP contribution in [0, 0.1) is 10.1 Å². The molecule has 9 heteroatoms. The van der Waals surface area contributed by atoms with Gasteiger partial charge in [-0.2, -0.15) is 5.10 Å². The molecular formula is C17H14N4O4S. The average molecular weight is 370 g/mol. The summed E-state index contributed by atoms with van der Waals surface area (Å²) in [5, 5.41) is 30.6. The van der Waals surface area contributed by atoms with Crippen molar-refractivity contribution in [1.29, 1.82) is 0 Å². The number of carbonyl (C=O) groups is 1. The van der Waals surface area contributed by atoms with E-state index in [2.05, 4.69) is 15.5 Å². The second kappa shape index (κ2) is 7.79. The maximum atomic E-state index is 12.1. The number of hydrogen-bond acceptors (Lipinski definition) is 7. The summed E-state index contributed by atoms with van der Waals surface area (Å²) < 4.78 is 0. The summed E-state index contributed by atoms with van der Waals surface area (Å²) in [5.74, 6) is -0.100. The van der Waals surface area contributed by atoms with Gasteiger partial charge in [-0.25, -0.2) is 0 Å². The van der Waals surface area contributed by atoms with E-state index >= 15 is 0 Å². The van der Waals surface area contributed by atoms with Gasteiger partial charge in [-0.15, -0.1) is 5.10 Å². The van der Waals surface area contributed by atoms with E-state index in [1.165, 1.54) is 36.2 Å². The molecule has 0 radical (unpaired) electrons. The zero-order valence-electron chi connectivity index (χ0n) is 13.4. The molecule has 26 heavy (non-hydrogen) atoms. The molecular weight excluding hydrogens is 356 g/mol. The van der Waals surface area contributed by atoms with E-state index in [9.17, 15) is 20.0 Å². The van der Waals surface area contributed by atoms with Crippen LogP contribution in [0.3, 0.4) is 0 Å². The second-order valence-electron chi connectivity index (χ2n) is 5.43. The number of nitro benzene ring substituents is 1. The summed E-state index contributed by atoms with van der Waals surface area (Å²) in [6, 6.07) is 12.8. The van der Waals surface area contributed by atoms with Crippen LogP contribution in [0.4, 0.5) is 5.69 Å². The molecule has 2 aromatic carbocycles. The Hall–Kier alpha value is -3.20. The zero-order valence-corrected chi connectivity index (χ0v) is 14.2. The molecule has 2 N–H and O–H groups in total. The molecule has 1 fully saturated rings. The number of amidine groups is 1. The molecule has 1 atom stereocenters. The number of nitro groups is 1. The van der Waals surface area contributed by atoms with Gasteiger partial charge in [0.05, 0.1) is 16.4 Å². The molecule has 0 aliphatic carbocycles. The van der Waals surface area contributed by atoms with E-state index in [-0.39, 0.29) is 23.8 Å². The molecule has 0 saturated carbocycles. The standard InChI is InChI=1S/C17H14N4O4S/c22-13-7-5-11(6-8-13)10-18-20-17-19-16(23)15(26-17)9-12-3-1-2-4-14(12)21(24)25/h1-8,10,15,22H,9H2,(H,19,20,23)/b18-10-. The van der Waals surface area contributed by atoms with Crippen molar-refractivity contribution < 1.29 is 14.8 Å². The Labute approximate surface area is 152 Å². The summed E-state index contributed by atoms with van der Waals surface area (Å²) >= 11 is 1.18. The van der Waals surface area contributed by atoms with Crippen molar-refractivity contribution in [2.45, 2.75) is 11.7 Å². The number of carbonyl (C=O) groups excluding carboxylic acids is 1. The Balaban J connectivity index is 1.67. The van der Waals surface area contributed by atoms with Gasteiger partial charge in [-0.05, 0) is 29.8 Å². The van der Waals surface area contributed by atoms with Crippen LogP contribution < -0.4 is 5.32 Å². The Morgan fingerprint density at radius 1 is 1.23 bits per heavy atom. The van der Waals surface area contributed by atoms with Crippen LogP contribution in [0.25, 0.3) is 0 Å². The lowest BCUT2D eigenvalue weighted by molar-refractivity contribution is -0.385. The highest BCUT2D eigenvalue weighted by Crippen LogP contribution is 2.27. The summed E-state index contributed by atoms with van der Waals surface area (Å²) in [5.41, 5.74) is 1.24. The number of para-hydroxylation sites is 1. The summed E-state index contributed by atoms with van der Waals surface area (Å²) in [6.07, 6.45) is 1.73. The first-order valence-electron chi connectivity index (χ1n) is 7.63. The number of phenols is 1. The van der Waals surface area contributed by atoms with Crippen LogP contribution in [0.2, 0.25) is 0 Å². The van der Waals surface area contributed by atoms with Gasteiger partial charge >= 0.3 is 0 Å². The van der Waals surface area contributed by atoms with Gasteiger partial charge < -0.3 is 10.4 Å². The molecule has 1 amide bonds. The maximum absolute atomic E-state index is 12.1. The molecule has 3 rings (SSSR count). The first-order chi connectivity index (χ1) is 12.5. The molecule has 0 spiro atoms. The molecule has 8 nitrogen and oxygen atoms in total. The number of aromatic hydroxyl groups is 1. The van der Waals surface area contributed by atoms with Gasteiger partial charge in [0, 0.05) is 18.1 Å². The topological polar surface area (TPSA) is 117 Å². The molecule has 0 bridgehead atoms. The van der Waals surface area contributed by atoms with Crippen LogP contribution in [-0.4, -0.2) is 32.6 Å². The van der Waals surface area contributed by atoms with Gasteiger partial charge in [0.25, 0.3) is 5.69 Å². The fourth-order valence-corrected chi connectivity index (χ4v) is 3.31. The molecule has 0 aromatic heterocycles. The third-order valence-corrected chi connectivity index (χ3v) is 4.69. The van der Waals surface area contributed by atoms with Crippen molar-refractivity contribution in [2.24, 2.45) is 10.2 Å². The van der Waals surface area contributed by atoms with Crippen molar-refractivity contribution in [2.75, 3.05) is 0 Å². The van der Waals surface area contributed by atoms with Crippen molar-refractivity contribution in [3.63, 3.8) is 0 Å². The Kier molecular flexibility index (Phi) is 5.28. The fourth-order valence-electron chi connectivity index (χ4n) is 2.36. The SMILES string of the molecule is O=C1N/C(=N/N=C\c2ccc(O)cc2)SC1Cc1ccccc1[N+](=O)[O-]. The van der Waals surface area contributed by atoms with E-state index in [1.807, 2.05) is 0 Å². The first kappa shape index (κ1) is 17.6. The highest BCUT2D eigenvalue weighted by Gasteiger charge is 2.32. The lowest BCUT2D eigenvalue weighted by atomic mass is 10.1. The second-order valence-corrected chi connectivity index (χ2v) is 6.62. The normalized spacial score (nSPS) is 18.4. The number of nitrogens with one attached hydrogen (secondary N) is 1. The molecule has 1 unspecified atom stereocenters. The third kappa shape index (κ3) is 4.25. The third-order valence-electron chi connectivity index (χ3n) is 3.62. The maximum Gasteiger partial charge on any atom is 0.272 e. The monoisotopic (exact) mass is 370 g/mol. The minimum Gasteiger partial charge on any atom is -0.508 e. The fraction of sp³-hybridized carbons (Fsp3) is 0.118. The van der Waals surface area contributed by atoms with Crippen LogP contribution in [0.15, 0.2) is 58.7 Å². The number of hydrogen-bond donors (Lipinski definition) is 2. The van der Waals surface area contributed by atoms with E-state index in [0.717, 1.165) is 5.56 Å². The predicted molar refractivity (Wildman–Crippen MR) is 99.5 cm³/mol. The number of phenolic OH excluding ortho intramolecular Hbond substituents is 1. The number of amides is 1. The molecule has 1 saturated heterocycles. The Morgan fingerprint density at radius 2 is 1.96 bits per heavy atom. The molecule has 1 aliphatic heterocycles. The van der Waals surface area contributed by atoms with Crippen molar-refractivity contribution in [3.05, 3.63) is 69.8 Å². The van der Waals surface area contributed by atoms with Crippen LogP contribution in [0.5, 0.6) is 5.75 Å². The minimum absolute atomic E-state index is 0.00311. The van der Waals surface area contributed by atoms with Crippen molar-refractivity contribution in [1.82, 2.24) is 5.32 Å². The summed E-state index contributed by atoms with van der Waals surface area (Å²) in [7, 11) is 0. The summed E-state index contributed by atoms with van der Waals surface area (Å²) in [4.78, 5) is 22.7. The van der Waals surface area contributed by atoms with Crippen LogP contribution in [-0.2, 0) is 11.2 Å². The zero-order chi connectivity index (χ0) is 18.5. The minimum atomic E-state index is -0.501. The van der Waals surface area contributed by atoms with Crippen LogP contribution >= 0.6 is 11.8 Å². The quantitative estimate of drug-likeness (QED) is 0.476. The summed E-state index contributed by atoms with van der Waals surface area (Å²) in [6.45, 7) is 0. The Morgan fingerprint density at radius 3 is 2.69 bits per heavy atom. The highest BCUT2D eigenvalue weighted by molar-refractivity contribution is 8.15. The number of benzene rings is 2. The van der Waals surface area contributed by atoms with Gasteiger partial charge in [0.1, 0.15) is 5.75 Å². The molecule has 1 heterocycles. The van der Waals surface area contributed by atoms with E-state index in [4.69, 9.17) is 0 Å². The molecule has 132 valence electrons. The van der Waals surface area contributed by atoms with Crippen molar-refractivity contribution in [3.8, 4) is 5.75 Å². The number of nitrogens with zero attached hydrogens (tertiary/aromatic N) is 3. The Bertz CT molecular complexity index is 896. The number of thioether (sulfide) groups is 1. The van der Waals surface area contributed by atoms with E-state index in [0.29, 0.717) is 10.7 Å². The smallest absolute Gasteiger partial charge is 0.272 e. The van der Waals surface area contributed by atoms with Gasteiger partial charge in [0.15, 0.2) is 5.17 Å². The molecule has 1 aliphatic rings. The average Bonchev–Trinajstić information content (AvgIpc) is 2.96. The van der Waals surface area contributed by atoms with Gasteiger partial charge in [-0.1, -0.05) is 30.0 Å². The lowest BCUT2D eigenvalue weighted by Crippen LogP contribution is -2.26. The van der Waals surface area contributed by atoms with Gasteiger partial charge in [-0.3, -0.25) is 14.9 Å². The predicted octanol–water partition coefficient (Wildman–Crippen LogP) is 2.46.